The molecule has 1 rings (SSSR count). The Bertz CT molecular complexity index is 749. The van der Waals surface area contributed by atoms with Crippen LogP contribution in [0.4, 0.5) is 9.18 Å². The minimum Gasteiger partial charge on any atom is -0.444 e. The van der Waals surface area contributed by atoms with Crippen molar-refractivity contribution in [1.82, 2.24) is 5.32 Å². The van der Waals surface area contributed by atoms with Crippen LogP contribution in [-0.2, 0) is 26.3 Å². The third-order valence-electron chi connectivity index (χ3n) is 3.74. The first-order valence-electron chi connectivity index (χ1n) is 8.81. The van der Waals surface area contributed by atoms with Crippen LogP contribution in [0.15, 0.2) is 30.4 Å². The summed E-state index contributed by atoms with van der Waals surface area (Å²) in [7, 11) is 0. The monoisotopic (exact) mass is 377 g/mol. The minimum absolute atomic E-state index is 0.0700. The van der Waals surface area contributed by atoms with Gasteiger partial charge in [-0.2, -0.15) is 0 Å². The molecule has 148 valence electrons. The maximum atomic E-state index is 14.6. The second kappa shape index (κ2) is 8.93. The van der Waals surface area contributed by atoms with Gasteiger partial charge < -0.3 is 10.1 Å². The third-order valence-corrected chi connectivity index (χ3v) is 3.74. The van der Waals surface area contributed by atoms with Gasteiger partial charge in [0.05, 0.1) is 5.54 Å². The highest BCUT2D eigenvalue weighted by molar-refractivity contribution is 5.91. The highest BCUT2D eigenvalue weighted by Gasteiger charge is 2.35. The molecule has 6 heteroatoms. The molecule has 0 saturated heterocycles. The molecule has 0 unspecified atom stereocenters. The van der Waals surface area contributed by atoms with E-state index in [4.69, 9.17) is 4.74 Å². The summed E-state index contributed by atoms with van der Waals surface area (Å²) in [6, 6.07) is 4.27. The average molecular weight is 377 g/mol. The van der Waals surface area contributed by atoms with Gasteiger partial charge in [-0.3, -0.25) is 9.59 Å². The first-order valence-corrected chi connectivity index (χ1v) is 8.81. The number of nitrogens with one attached hydrogen (secondary N) is 1. The molecule has 1 amide bonds. The van der Waals surface area contributed by atoms with Crippen molar-refractivity contribution < 1.29 is 23.5 Å². The lowest BCUT2D eigenvalue weighted by Gasteiger charge is -2.32. The van der Waals surface area contributed by atoms with Crippen LogP contribution in [0.3, 0.4) is 0 Å². The number of benzene rings is 1. The Labute approximate surface area is 160 Å². The lowest BCUT2D eigenvalue weighted by atomic mass is 9.85. The van der Waals surface area contributed by atoms with Crippen molar-refractivity contribution in [2.45, 2.75) is 65.5 Å². The topological polar surface area (TPSA) is 72.5 Å². The van der Waals surface area contributed by atoms with Crippen molar-refractivity contribution >= 4 is 17.7 Å². The van der Waals surface area contributed by atoms with Crippen LogP contribution in [-0.4, -0.2) is 23.3 Å². The highest BCUT2D eigenvalue weighted by Crippen LogP contribution is 2.29. The maximum absolute atomic E-state index is 14.6. The van der Waals surface area contributed by atoms with Crippen molar-refractivity contribution in [3.63, 3.8) is 0 Å². The number of hydrogen-bond donors (Lipinski definition) is 1. The van der Waals surface area contributed by atoms with Crippen LogP contribution < -0.4 is 5.32 Å². The number of hydrogen-bond acceptors (Lipinski definition) is 4. The Hall–Kier alpha value is -2.50. The first kappa shape index (κ1) is 22.5. The summed E-state index contributed by atoms with van der Waals surface area (Å²) in [4.78, 5) is 35.9. The summed E-state index contributed by atoms with van der Waals surface area (Å²) in [6.07, 6.45) is 2.18. The smallest absolute Gasteiger partial charge is 0.408 e. The second-order valence-corrected chi connectivity index (χ2v) is 7.80. The van der Waals surface area contributed by atoms with Crippen molar-refractivity contribution in [2.75, 3.05) is 0 Å². The van der Waals surface area contributed by atoms with E-state index in [1.807, 2.05) is 0 Å². The van der Waals surface area contributed by atoms with Crippen molar-refractivity contribution in [1.29, 1.82) is 0 Å². The van der Waals surface area contributed by atoms with E-state index in [-0.39, 0.29) is 30.0 Å². The van der Waals surface area contributed by atoms with Crippen molar-refractivity contribution in [2.24, 2.45) is 0 Å². The van der Waals surface area contributed by atoms with E-state index < -0.39 is 23.1 Å². The van der Waals surface area contributed by atoms with Gasteiger partial charge in [0.2, 0.25) is 0 Å². The molecular formula is C21H28FNO4. The number of ketones is 2. The van der Waals surface area contributed by atoms with Crippen LogP contribution in [0.1, 0.15) is 59.1 Å². The zero-order valence-corrected chi connectivity index (χ0v) is 16.8. The number of allylic oxidation sites excluding steroid dienone is 2. The predicted molar refractivity (Wildman–Crippen MR) is 102 cm³/mol. The Morgan fingerprint density at radius 3 is 2.33 bits per heavy atom. The molecule has 0 heterocycles. The molecule has 0 fully saturated rings. The average Bonchev–Trinajstić information content (AvgIpc) is 2.46. The van der Waals surface area contributed by atoms with Gasteiger partial charge in [0, 0.05) is 18.4 Å². The van der Waals surface area contributed by atoms with E-state index >= 15 is 0 Å². The number of carbonyl (C=O) groups excluding carboxylic acids is 3. The summed E-state index contributed by atoms with van der Waals surface area (Å²) >= 11 is 0. The molecule has 0 aliphatic heterocycles. The van der Waals surface area contributed by atoms with Gasteiger partial charge in [-0.05, 0) is 59.2 Å². The SMILES string of the molecule is C/C=C/C(=O)C[C@](C)(NC(=O)OC(C)(C)C)c1cc(CC(C)=O)ccc1F. The van der Waals surface area contributed by atoms with E-state index in [9.17, 15) is 18.8 Å². The van der Waals surface area contributed by atoms with Gasteiger partial charge in [0.1, 0.15) is 17.2 Å². The van der Waals surface area contributed by atoms with Crippen molar-refractivity contribution in [3.05, 3.63) is 47.3 Å². The molecule has 1 N–H and O–H groups in total. The molecule has 0 saturated carbocycles. The quantitative estimate of drug-likeness (QED) is 0.722. The first-order chi connectivity index (χ1) is 12.4. The van der Waals surface area contributed by atoms with Crippen LogP contribution in [0, 0.1) is 5.82 Å². The summed E-state index contributed by atoms with van der Waals surface area (Å²) in [5, 5.41) is 2.64. The van der Waals surface area contributed by atoms with E-state index in [1.165, 1.54) is 31.2 Å². The van der Waals surface area contributed by atoms with Crippen LogP contribution in [0.25, 0.3) is 0 Å². The number of alkyl carbamates (subject to hydrolysis) is 1. The van der Waals surface area contributed by atoms with Gasteiger partial charge in [0.15, 0.2) is 5.78 Å². The maximum Gasteiger partial charge on any atom is 0.408 e. The number of carbonyl (C=O) groups is 3. The second-order valence-electron chi connectivity index (χ2n) is 7.80. The molecule has 0 aliphatic carbocycles. The lowest BCUT2D eigenvalue weighted by molar-refractivity contribution is -0.117. The minimum atomic E-state index is -1.34. The Morgan fingerprint density at radius 1 is 1.19 bits per heavy atom. The molecule has 5 nitrogen and oxygen atoms in total. The van der Waals surface area contributed by atoms with Gasteiger partial charge in [-0.15, -0.1) is 0 Å². The Morgan fingerprint density at radius 2 is 1.81 bits per heavy atom. The Balaban J connectivity index is 3.34. The predicted octanol–water partition coefficient (Wildman–Crippen LogP) is 4.23. The number of amides is 1. The summed E-state index contributed by atoms with van der Waals surface area (Å²) in [6.45, 7) is 9.84. The van der Waals surface area contributed by atoms with E-state index in [0.29, 0.717) is 5.56 Å². The van der Waals surface area contributed by atoms with Crippen molar-refractivity contribution in [3.8, 4) is 0 Å². The third kappa shape index (κ3) is 7.33. The van der Waals surface area contributed by atoms with Gasteiger partial charge in [0.25, 0.3) is 0 Å². The molecule has 1 atom stereocenters. The highest BCUT2D eigenvalue weighted by atomic mass is 19.1. The van der Waals surface area contributed by atoms with E-state index in [0.717, 1.165) is 0 Å². The van der Waals surface area contributed by atoms with Crippen LogP contribution in [0.5, 0.6) is 0 Å². The molecule has 27 heavy (non-hydrogen) atoms. The van der Waals surface area contributed by atoms with Gasteiger partial charge >= 0.3 is 6.09 Å². The zero-order chi connectivity index (χ0) is 20.8. The molecule has 0 radical (unpaired) electrons. The number of halogens is 1. The fraction of sp³-hybridized carbons (Fsp3) is 0.476. The number of rotatable bonds is 7. The molecular weight excluding hydrogens is 349 g/mol. The van der Waals surface area contributed by atoms with E-state index in [2.05, 4.69) is 5.32 Å². The largest absolute Gasteiger partial charge is 0.444 e. The van der Waals surface area contributed by atoms with Gasteiger partial charge in [-0.1, -0.05) is 18.2 Å². The van der Waals surface area contributed by atoms with Crippen LogP contribution >= 0.6 is 0 Å². The lowest BCUT2D eigenvalue weighted by Crippen LogP contribution is -2.47. The molecule has 0 spiro atoms. The molecule has 0 bridgehead atoms. The zero-order valence-electron chi connectivity index (χ0n) is 16.8. The fourth-order valence-corrected chi connectivity index (χ4v) is 2.72. The standard InChI is InChI=1S/C21H28FNO4/c1-7-8-16(25)13-21(6,23-19(26)27-20(3,4)5)17-12-15(11-14(2)24)9-10-18(17)22/h7-10,12H,11,13H2,1-6H3,(H,23,26)/b8-7+/t21-/m0/s1. The normalized spacial score (nSPS) is 13.9. The molecule has 0 aliphatic rings. The molecule has 0 aromatic heterocycles. The fourth-order valence-electron chi connectivity index (χ4n) is 2.72. The molecule has 1 aromatic carbocycles. The number of Topliss-reactive ketones (excluding diaryl/α,β-unsaturated/α-hetero) is 1. The summed E-state index contributed by atoms with van der Waals surface area (Å²) < 4.78 is 19.9. The van der Waals surface area contributed by atoms with Crippen LogP contribution in [0.2, 0.25) is 0 Å². The van der Waals surface area contributed by atoms with Gasteiger partial charge in [-0.25, -0.2) is 9.18 Å². The summed E-state index contributed by atoms with van der Waals surface area (Å²) in [5.41, 5.74) is -1.34. The molecule has 1 aromatic rings. The summed E-state index contributed by atoms with van der Waals surface area (Å²) in [5.74, 6) is -0.916. The van der Waals surface area contributed by atoms with E-state index in [1.54, 1.807) is 40.7 Å². The number of ether oxygens (including phenoxy) is 1. The Kier molecular flexibility index (Phi) is 7.46.